The minimum Gasteiger partial charge on any atom is -0.394 e. The van der Waals surface area contributed by atoms with Crippen molar-refractivity contribution in [3.05, 3.63) is 35.9 Å². The van der Waals surface area contributed by atoms with Crippen LogP contribution in [0.1, 0.15) is 24.8 Å². The molecule has 1 aliphatic rings. The monoisotopic (exact) mass is 216 g/mol. The van der Waals surface area contributed by atoms with Crippen molar-refractivity contribution >= 4 is 0 Å². The number of benzene rings is 1. The highest BCUT2D eigenvalue weighted by Gasteiger charge is 2.23. The number of hydrogen-bond donors (Lipinski definition) is 1. The standard InChI is InChI=1S/C14H16O2/c15-11-14-10-9-13(16-14)8-4-7-12-5-2-1-3-6-12/h1-3,5-6,13-15H,8-11H2/t13-,14+/m0/s1. The van der Waals surface area contributed by atoms with Crippen molar-refractivity contribution in [3.63, 3.8) is 0 Å². The van der Waals surface area contributed by atoms with Gasteiger partial charge in [0.05, 0.1) is 18.8 Å². The van der Waals surface area contributed by atoms with Gasteiger partial charge in [0, 0.05) is 12.0 Å². The molecular weight excluding hydrogens is 200 g/mol. The van der Waals surface area contributed by atoms with Crippen LogP contribution in [-0.2, 0) is 4.74 Å². The van der Waals surface area contributed by atoms with Crippen molar-refractivity contribution in [3.8, 4) is 11.8 Å². The first-order chi connectivity index (χ1) is 7.88. The number of hydrogen-bond acceptors (Lipinski definition) is 2. The summed E-state index contributed by atoms with van der Waals surface area (Å²) in [6, 6.07) is 9.95. The zero-order chi connectivity index (χ0) is 11.2. The molecule has 0 spiro atoms. The molecular formula is C14H16O2. The second-order valence-corrected chi connectivity index (χ2v) is 4.01. The summed E-state index contributed by atoms with van der Waals surface area (Å²) in [7, 11) is 0. The van der Waals surface area contributed by atoms with Crippen LogP contribution in [0.5, 0.6) is 0 Å². The lowest BCUT2D eigenvalue weighted by molar-refractivity contribution is 0.0142. The average molecular weight is 216 g/mol. The molecule has 1 fully saturated rings. The Kier molecular flexibility index (Phi) is 3.98. The van der Waals surface area contributed by atoms with E-state index in [1.165, 1.54) is 0 Å². The van der Waals surface area contributed by atoms with Crippen LogP contribution < -0.4 is 0 Å². The van der Waals surface area contributed by atoms with Gasteiger partial charge >= 0.3 is 0 Å². The van der Waals surface area contributed by atoms with E-state index in [2.05, 4.69) is 11.8 Å². The molecule has 1 saturated heterocycles. The summed E-state index contributed by atoms with van der Waals surface area (Å²) in [5.74, 6) is 6.24. The van der Waals surface area contributed by atoms with Crippen LogP contribution in [0.3, 0.4) is 0 Å². The number of rotatable bonds is 2. The van der Waals surface area contributed by atoms with Crippen LogP contribution in [0, 0.1) is 11.8 Å². The van der Waals surface area contributed by atoms with Crippen molar-refractivity contribution in [1.29, 1.82) is 0 Å². The van der Waals surface area contributed by atoms with Crippen LogP contribution in [0.4, 0.5) is 0 Å². The maximum Gasteiger partial charge on any atom is 0.0810 e. The predicted molar refractivity (Wildman–Crippen MR) is 62.9 cm³/mol. The summed E-state index contributed by atoms with van der Waals surface area (Å²) >= 11 is 0. The van der Waals surface area contributed by atoms with E-state index in [4.69, 9.17) is 9.84 Å². The number of ether oxygens (including phenoxy) is 1. The van der Waals surface area contributed by atoms with Gasteiger partial charge in [0.25, 0.3) is 0 Å². The molecule has 1 aromatic carbocycles. The lowest BCUT2D eigenvalue weighted by Gasteiger charge is -2.08. The molecule has 2 atom stereocenters. The Morgan fingerprint density at radius 3 is 2.62 bits per heavy atom. The van der Waals surface area contributed by atoms with E-state index < -0.39 is 0 Å². The van der Waals surface area contributed by atoms with E-state index in [1.54, 1.807) is 0 Å². The minimum atomic E-state index is 0.0310. The first-order valence-electron chi connectivity index (χ1n) is 5.68. The molecule has 0 radical (unpaired) electrons. The third-order valence-electron chi connectivity index (χ3n) is 2.74. The van der Waals surface area contributed by atoms with Gasteiger partial charge in [0.15, 0.2) is 0 Å². The molecule has 16 heavy (non-hydrogen) atoms. The Morgan fingerprint density at radius 2 is 1.94 bits per heavy atom. The van der Waals surface area contributed by atoms with Gasteiger partial charge < -0.3 is 9.84 Å². The van der Waals surface area contributed by atoms with Crippen molar-refractivity contribution in [2.75, 3.05) is 6.61 Å². The average Bonchev–Trinajstić information content (AvgIpc) is 2.78. The zero-order valence-electron chi connectivity index (χ0n) is 9.23. The molecule has 0 bridgehead atoms. The second-order valence-electron chi connectivity index (χ2n) is 4.01. The number of aliphatic hydroxyl groups excluding tert-OH is 1. The highest BCUT2D eigenvalue weighted by Crippen LogP contribution is 2.21. The third-order valence-corrected chi connectivity index (χ3v) is 2.74. The Morgan fingerprint density at radius 1 is 1.19 bits per heavy atom. The molecule has 1 N–H and O–H groups in total. The van der Waals surface area contributed by atoms with Crippen LogP contribution in [0.2, 0.25) is 0 Å². The zero-order valence-corrected chi connectivity index (χ0v) is 9.23. The summed E-state index contributed by atoms with van der Waals surface area (Å²) in [5, 5.41) is 8.93. The maximum atomic E-state index is 8.93. The Hall–Kier alpha value is -1.30. The van der Waals surface area contributed by atoms with E-state index in [0.717, 1.165) is 24.8 Å². The lowest BCUT2D eigenvalue weighted by Crippen LogP contribution is -2.13. The van der Waals surface area contributed by atoms with Gasteiger partial charge in [-0.05, 0) is 25.0 Å². The second kappa shape index (κ2) is 5.69. The van der Waals surface area contributed by atoms with E-state index >= 15 is 0 Å². The molecule has 1 aliphatic heterocycles. The van der Waals surface area contributed by atoms with Crippen molar-refractivity contribution < 1.29 is 9.84 Å². The van der Waals surface area contributed by atoms with E-state index in [-0.39, 0.29) is 18.8 Å². The fourth-order valence-electron chi connectivity index (χ4n) is 1.85. The summed E-state index contributed by atoms with van der Waals surface area (Å²) < 4.78 is 5.60. The van der Waals surface area contributed by atoms with Gasteiger partial charge in [0.2, 0.25) is 0 Å². The van der Waals surface area contributed by atoms with Gasteiger partial charge in [-0.15, -0.1) is 0 Å². The molecule has 2 nitrogen and oxygen atoms in total. The predicted octanol–water partition coefficient (Wildman–Crippen LogP) is 1.97. The fourth-order valence-corrected chi connectivity index (χ4v) is 1.85. The van der Waals surface area contributed by atoms with Crippen molar-refractivity contribution in [1.82, 2.24) is 0 Å². The normalized spacial score (nSPS) is 23.8. The molecule has 84 valence electrons. The molecule has 1 heterocycles. The minimum absolute atomic E-state index is 0.0310. The first kappa shape index (κ1) is 11.2. The van der Waals surface area contributed by atoms with E-state index in [9.17, 15) is 0 Å². The molecule has 1 aromatic rings. The van der Waals surface area contributed by atoms with E-state index in [1.807, 2.05) is 30.3 Å². The van der Waals surface area contributed by atoms with Crippen molar-refractivity contribution in [2.45, 2.75) is 31.5 Å². The van der Waals surface area contributed by atoms with Gasteiger partial charge in [-0.2, -0.15) is 0 Å². The maximum absolute atomic E-state index is 8.93. The van der Waals surface area contributed by atoms with Gasteiger partial charge in [-0.25, -0.2) is 0 Å². The van der Waals surface area contributed by atoms with Gasteiger partial charge in [0.1, 0.15) is 0 Å². The molecule has 0 unspecified atom stereocenters. The van der Waals surface area contributed by atoms with Crippen LogP contribution >= 0.6 is 0 Å². The number of aliphatic hydroxyl groups is 1. The van der Waals surface area contributed by atoms with Gasteiger partial charge in [-0.1, -0.05) is 30.0 Å². The van der Waals surface area contributed by atoms with Crippen LogP contribution in [0.25, 0.3) is 0 Å². The Balaban J connectivity index is 1.82. The summed E-state index contributed by atoms with van der Waals surface area (Å²) in [5.41, 5.74) is 1.04. The fraction of sp³-hybridized carbons (Fsp3) is 0.429. The SMILES string of the molecule is OC[C@H]1CC[C@H](CC#Cc2ccccc2)O1. The largest absolute Gasteiger partial charge is 0.394 e. The lowest BCUT2D eigenvalue weighted by atomic mass is 10.1. The summed E-state index contributed by atoms with van der Waals surface area (Å²) in [4.78, 5) is 0. The topological polar surface area (TPSA) is 29.5 Å². The molecule has 0 aromatic heterocycles. The molecule has 0 aliphatic carbocycles. The highest BCUT2D eigenvalue weighted by molar-refractivity contribution is 5.33. The summed E-state index contributed by atoms with van der Waals surface area (Å²) in [6.45, 7) is 0.128. The van der Waals surface area contributed by atoms with Gasteiger partial charge in [-0.3, -0.25) is 0 Å². The third kappa shape index (κ3) is 3.10. The molecule has 2 heteroatoms. The summed E-state index contributed by atoms with van der Waals surface area (Å²) in [6.07, 6.45) is 2.95. The Labute approximate surface area is 96.3 Å². The smallest absolute Gasteiger partial charge is 0.0810 e. The quantitative estimate of drug-likeness (QED) is 0.766. The first-order valence-corrected chi connectivity index (χ1v) is 5.68. The van der Waals surface area contributed by atoms with E-state index in [0.29, 0.717) is 0 Å². The Bertz CT molecular complexity index is 375. The molecule has 2 rings (SSSR count). The molecule has 0 amide bonds. The molecule has 0 saturated carbocycles. The van der Waals surface area contributed by atoms with Crippen LogP contribution in [0.15, 0.2) is 30.3 Å². The van der Waals surface area contributed by atoms with Crippen LogP contribution in [-0.4, -0.2) is 23.9 Å². The highest BCUT2D eigenvalue weighted by atomic mass is 16.5. The van der Waals surface area contributed by atoms with Crippen molar-refractivity contribution in [2.24, 2.45) is 0 Å².